The van der Waals surface area contributed by atoms with Gasteiger partial charge in [0.1, 0.15) is 10.6 Å². The Labute approximate surface area is 139 Å². The largest absolute Gasteiger partial charge is 0.465 e. The van der Waals surface area contributed by atoms with E-state index in [4.69, 9.17) is 0 Å². The summed E-state index contributed by atoms with van der Waals surface area (Å²) in [6.45, 7) is 0. The molecule has 3 rings (SSSR count). The maximum atomic E-state index is 12.4. The van der Waals surface area contributed by atoms with E-state index in [2.05, 4.69) is 19.6 Å². The number of carbonyl (C=O) groups is 2. The van der Waals surface area contributed by atoms with Gasteiger partial charge in [0.25, 0.3) is 5.91 Å². The Hall–Kier alpha value is -2.58. The maximum absolute atomic E-state index is 12.4. The van der Waals surface area contributed by atoms with E-state index < -0.39 is 5.97 Å². The first-order chi connectivity index (χ1) is 11.2. The highest BCUT2D eigenvalue weighted by atomic mass is 32.1. The van der Waals surface area contributed by atoms with E-state index in [9.17, 15) is 9.59 Å². The molecular formula is C15H11N3O3S2. The summed E-state index contributed by atoms with van der Waals surface area (Å²) in [5.74, 6) is -0.705. The van der Waals surface area contributed by atoms with E-state index >= 15 is 0 Å². The predicted molar refractivity (Wildman–Crippen MR) is 89.0 cm³/mol. The van der Waals surface area contributed by atoms with Crippen LogP contribution in [0.5, 0.6) is 0 Å². The molecule has 23 heavy (non-hydrogen) atoms. The Morgan fingerprint density at radius 1 is 1.17 bits per heavy atom. The number of hydrogen-bond acceptors (Lipinski definition) is 7. The molecule has 6 nitrogen and oxygen atoms in total. The first kappa shape index (κ1) is 15.3. The van der Waals surface area contributed by atoms with Crippen LogP contribution in [-0.2, 0) is 4.74 Å². The quantitative estimate of drug-likeness (QED) is 0.734. The molecule has 116 valence electrons. The van der Waals surface area contributed by atoms with Crippen LogP contribution in [-0.4, -0.2) is 28.6 Å². The number of ether oxygens (including phenoxy) is 1. The highest BCUT2D eigenvalue weighted by molar-refractivity contribution is 7.14. The van der Waals surface area contributed by atoms with Crippen LogP contribution in [0.3, 0.4) is 0 Å². The van der Waals surface area contributed by atoms with Gasteiger partial charge in [-0.15, -0.1) is 16.4 Å². The van der Waals surface area contributed by atoms with Crippen LogP contribution in [0.1, 0.15) is 20.0 Å². The number of aromatic nitrogens is 2. The summed E-state index contributed by atoms with van der Waals surface area (Å²) < 4.78 is 8.50. The molecule has 2 aromatic heterocycles. The van der Waals surface area contributed by atoms with Crippen LogP contribution in [0.15, 0.2) is 41.8 Å². The van der Waals surface area contributed by atoms with Gasteiger partial charge in [-0.05, 0) is 47.2 Å². The zero-order valence-corrected chi connectivity index (χ0v) is 13.6. The van der Waals surface area contributed by atoms with Crippen LogP contribution in [0, 0.1) is 0 Å². The number of rotatable bonds is 4. The summed E-state index contributed by atoms with van der Waals surface area (Å²) >= 11 is 2.55. The number of anilines is 1. The lowest BCUT2D eigenvalue weighted by atomic mass is 10.2. The highest BCUT2D eigenvalue weighted by Crippen LogP contribution is 2.28. The van der Waals surface area contributed by atoms with Gasteiger partial charge in [0.15, 0.2) is 0 Å². The van der Waals surface area contributed by atoms with Gasteiger partial charge < -0.3 is 10.1 Å². The third-order valence-corrected chi connectivity index (χ3v) is 4.61. The van der Waals surface area contributed by atoms with Crippen molar-refractivity contribution in [3.05, 3.63) is 52.2 Å². The Balaban J connectivity index is 1.78. The second-order valence-corrected chi connectivity index (χ2v) is 6.15. The average Bonchev–Trinajstić information content (AvgIpc) is 3.25. The van der Waals surface area contributed by atoms with E-state index in [1.807, 2.05) is 17.5 Å². The van der Waals surface area contributed by atoms with Crippen molar-refractivity contribution < 1.29 is 14.3 Å². The van der Waals surface area contributed by atoms with Crippen LogP contribution < -0.4 is 5.32 Å². The summed E-state index contributed by atoms with van der Waals surface area (Å²) in [7, 11) is 1.32. The van der Waals surface area contributed by atoms with Crippen molar-refractivity contribution in [3.63, 3.8) is 0 Å². The molecule has 3 aromatic rings. The number of methoxy groups -OCH3 is 1. The lowest BCUT2D eigenvalue weighted by molar-refractivity contribution is 0.0600. The predicted octanol–water partition coefficient (Wildman–Crippen LogP) is 3.31. The smallest absolute Gasteiger partial charge is 0.337 e. The van der Waals surface area contributed by atoms with Gasteiger partial charge in [-0.25, -0.2) is 4.79 Å². The van der Waals surface area contributed by atoms with Crippen molar-refractivity contribution in [2.45, 2.75) is 0 Å². The molecule has 1 amide bonds. The summed E-state index contributed by atoms with van der Waals surface area (Å²) in [4.78, 5) is 25.1. The SMILES string of the molecule is COC(=O)c1ccc(NC(=O)c2snnc2-c2cccs2)cc1. The summed E-state index contributed by atoms with van der Waals surface area (Å²) in [6, 6.07) is 10.3. The molecule has 0 saturated heterocycles. The number of amides is 1. The molecule has 8 heteroatoms. The fraction of sp³-hybridized carbons (Fsp3) is 0.0667. The van der Waals surface area contributed by atoms with E-state index in [0.717, 1.165) is 16.4 Å². The number of nitrogens with zero attached hydrogens (tertiary/aromatic N) is 2. The number of thiophene rings is 1. The molecule has 0 atom stereocenters. The van der Waals surface area contributed by atoms with Crippen molar-refractivity contribution in [1.82, 2.24) is 9.59 Å². The molecule has 2 heterocycles. The van der Waals surface area contributed by atoms with Crippen LogP contribution >= 0.6 is 22.9 Å². The Kier molecular flexibility index (Phi) is 4.45. The van der Waals surface area contributed by atoms with Gasteiger partial charge in [-0.3, -0.25) is 4.79 Å². The summed E-state index contributed by atoms with van der Waals surface area (Å²) in [6.07, 6.45) is 0. The molecule has 0 aliphatic heterocycles. The zero-order valence-electron chi connectivity index (χ0n) is 12.0. The summed E-state index contributed by atoms with van der Waals surface area (Å²) in [5, 5.41) is 8.72. The van der Waals surface area contributed by atoms with Gasteiger partial charge in [0.05, 0.1) is 17.6 Å². The first-order valence-electron chi connectivity index (χ1n) is 6.55. The maximum Gasteiger partial charge on any atom is 0.337 e. The van der Waals surface area contributed by atoms with Gasteiger partial charge in [0, 0.05) is 5.69 Å². The fourth-order valence-electron chi connectivity index (χ4n) is 1.91. The first-order valence-corrected chi connectivity index (χ1v) is 8.20. The van der Waals surface area contributed by atoms with Crippen molar-refractivity contribution in [2.24, 2.45) is 0 Å². The van der Waals surface area contributed by atoms with Gasteiger partial charge >= 0.3 is 5.97 Å². The second kappa shape index (κ2) is 6.67. The minimum absolute atomic E-state index is 0.283. The Morgan fingerprint density at radius 2 is 1.96 bits per heavy atom. The van der Waals surface area contributed by atoms with E-state index in [0.29, 0.717) is 21.8 Å². The normalized spacial score (nSPS) is 10.3. The molecule has 1 aromatic carbocycles. The second-order valence-electron chi connectivity index (χ2n) is 4.45. The monoisotopic (exact) mass is 345 g/mol. The van der Waals surface area contributed by atoms with Gasteiger partial charge in [0.2, 0.25) is 0 Å². The standard InChI is InChI=1S/C15H11N3O3S2/c1-21-15(20)9-4-6-10(7-5-9)16-14(19)13-12(17-18-23-13)11-3-2-8-22-11/h2-8H,1H3,(H,16,19). The van der Waals surface area contributed by atoms with E-state index in [1.165, 1.54) is 18.4 Å². The fourth-order valence-corrected chi connectivity index (χ4v) is 3.26. The number of hydrogen-bond donors (Lipinski definition) is 1. The topological polar surface area (TPSA) is 81.2 Å². The van der Waals surface area contributed by atoms with E-state index in [-0.39, 0.29) is 5.91 Å². The van der Waals surface area contributed by atoms with Gasteiger partial charge in [-0.2, -0.15) is 0 Å². The molecule has 1 N–H and O–H groups in total. The number of carbonyl (C=O) groups excluding carboxylic acids is 2. The van der Waals surface area contributed by atoms with E-state index in [1.54, 1.807) is 24.3 Å². The zero-order chi connectivity index (χ0) is 16.2. The minimum atomic E-state index is -0.422. The molecular weight excluding hydrogens is 334 g/mol. The molecule has 0 radical (unpaired) electrons. The van der Waals surface area contributed by atoms with Crippen molar-refractivity contribution >= 4 is 40.4 Å². The lowest BCUT2D eigenvalue weighted by Crippen LogP contribution is -2.11. The minimum Gasteiger partial charge on any atom is -0.465 e. The number of benzene rings is 1. The molecule has 0 fully saturated rings. The van der Waals surface area contributed by atoms with Crippen LogP contribution in [0.2, 0.25) is 0 Å². The molecule has 0 saturated carbocycles. The Bertz CT molecular complexity index is 826. The summed E-state index contributed by atoms with van der Waals surface area (Å²) in [5.41, 5.74) is 1.58. The molecule has 0 aliphatic rings. The molecule has 0 spiro atoms. The number of nitrogens with one attached hydrogen (secondary N) is 1. The van der Waals surface area contributed by atoms with Crippen molar-refractivity contribution in [1.29, 1.82) is 0 Å². The third kappa shape index (κ3) is 3.27. The Morgan fingerprint density at radius 3 is 2.61 bits per heavy atom. The number of esters is 1. The lowest BCUT2D eigenvalue weighted by Gasteiger charge is -2.05. The molecule has 0 unspecified atom stereocenters. The van der Waals surface area contributed by atoms with Crippen LogP contribution in [0.25, 0.3) is 10.6 Å². The third-order valence-electron chi connectivity index (χ3n) is 3.01. The van der Waals surface area contributed by atoms with Crippen molar-refractivity contribution in [3.8, 4) is 10.6 Å². The van der Waals surface area contributed by atoms with Crippen LogP contribution in [0.4, 0.5) is 5.69 Å². The molecule has 0 bridgehead atoms. The average molecular weight is 345 g/mol. The molecule has 0 aliphatic carbocycles. The highest BCUT2D eigenvalue weighted by Gasteiger charge is 2.18. The van der Waals surface area contributed by atoms with Gasteiger partial charge in [-0.1, -0.05) is 10.6 Å². The van der Waals surface area contributed by atoms with Crippen molar-refractivity contribution in [2.75, 3.05) is 12.4 Å².